The van der Waals surface area contributed by atoms with Gasteiger partial charge in [-0.1, -0.05) is 48.5 Å². The molecule has 0 atom stereocenters. The summed E-state index contributed by atoms with van der Waals surface area (Å²) in [5.41, 5.74) is 17.4. The number of carboxylic acids is 2. The van der Waals surface area contributed by atoms with Gasteiger partial charge >= 0.3 is 11.9 Å². The average molecular weight is 575 g/mol. The number of aliphatic carboxylic acids is 2. The third kappa shape index (κ3) is 5.73. The van der Waals surface area contributed by atoms with Crippen LogP contribution < -0.4 is 11.5 Å². The number of thiophene rings is 3. The van der Waals surface area contributed by atoms with E-state index in [-0.39, 0.29) is 12.8 Å². The van der Waals surface area contributed by atoms with E-state index in [0.29, 0.717) is 13.1 Å². The van der Waals surface area contributed by atoms with Crippen molar-refractivity contribution in [2.75, 3.05) is 0 Å². The van der Waals surface area contributed by atoms with Gasteiger partial charge in [0.15, 0.2) is 0 Å². The van der Waals surface area contributed by atoms with Crippen molar-refractivity contribution in [3.8, 4) is 40.4 Å². The first-order chi connectivity index (χ1) is 18.9. The Balaban J connectivity index is 1.59. The first kappa shape index (κ1) is 27.0. The Bertz CT molecular complexity index is 1540. The standard InChI is InChI=1S/C30H26N2O4S3/c31-15-17-5-1-3-7-21(17)25-11-19(13-27(33)34)29(38-25)23-9-10-24(37-23)30-20(14-28(35)36)12-26(39-30)22-8-4-2-6-18(22)16-32/h1-12H,13-16,31-32H2,(H,33,34)(H,35,36). The van der Waals surface area contributed by atoms with Crippen LogP contribution in [0.3, 0.4) is 0 Å². The fourth-order valence-electron chi connectivity index (χ4n) is 4.59. The summed E-state index contributed by atoms with van der Waals surface area (Å²) in [5.74, 6) is -1.79. The molecule has 0 saturated carbocycles. The van der Waals surface area contributed by atoms with Crippen LogP contribution in [0.4, 0.5) is 0 Å². The van der Waals surface area contributed by atoms with Crippen molar-refractivity contribution < 1.29 is 19.8 Å². The molecule has 3 aromatic heterocycles. The Morgan fingerprint density at radius 1 is 0.564 bits per heavy atom. The molecule has 3 heterocycles. The van der Waals surface area contributed by atoms with Crippen molar-refractivity contribution in [3.05, 3.63) is 95.1 Å². The lowest BCUT2D eigenvalue weighted by Gasteiger charge is -2.04. The highest BCUT2D eigenvalue weighted by atomic mass is 32.1. The van der Waals surface area contributed by atoms with Gasteiger partial charge in [0.05, 0.1) is 12.8 Å². The lowest BCUT2D eigenvalue weighted by molar-refractivity contribution is -0.137. The van der Waals surface area contributed by atoms with Crippen LogP contribution in [-0.2, 0) is 35.5 Å². The summed E-state index contributed by atoms with van der Waals surface area (Å²) < 4.78 is 0. The number of benzene rings is 2. The maximum atomic E-state index is 11.7. The molecule has 6 N–H and O–H groups in total. The Morgan fingerprint density at radius 2 is 0.974 bits per heavy atom. The molecule has 0 amide bonds. The average Bonchev–Trinajstić information content (AvgIpc) is 3.66. The van der Waals surface area contributed by atoms with E-state index in [1.54, 1.807) is 34.0 Å². The lowest BCUT2D eigenvalue weighted by atomic mass is 10.0. The molecule has 2 aromatic carbocycles. The van der Waals surface area contributed by atoms with Gasteiger partial charge < -0.3 is 21.7 Å². The van der Waals surface area contributed by atoms with E-state index in [0.717, 1.165) is 62.6 Å². The van der Waals surface area contributed by atoms with E-state index in [9.17, 15) is 19.8 Å². The normalized spacial score (nSPS) is 11.1. The fraction of sp³-hybridized carbons (Fsp3) is 0.133. The van der Waals surface area contributed by atoms with Crippen LogP contribution in [0, 0.1) is 0 Å². The highest BCUT2D eigenvalue weighted by Crippen LogP contribution is 2.47. The van der Waals surface area contributed by atoms with Crippen molar-refractivity contribution in [1.82, 2.24) is 0 Å². The molecule has 0 radical (unpaired) electrons. The van der Waals surface area contributed by atoms with Crippen LogP contribution in [-0.4, -0.2) is 22.2 Å². The summed E-state index contributed by atoms with van der Waals surface area (Å²) in [6, 6.07) is 23.7. The Kier molecular flexibility index (Phi) is 8.06. The topological polar surface area (TPSA) is 127 Å². The van der Waals surface area contributed by atoms with Crippen molar-refractivity contribution in [1.29, 1.82) is 0 Å². The second-order valence-corrected chi connectivity index (χ2v) is 12.1. The first-order valence-electron chi connectivity index (χ1n) is 12.2. The second-order valence-electron chi connectivity index (χ2n) is 8.96. The van der Waals surface area contributed by atoms with E-state index in [4.69, 9.17) is 11.5 Å². The van der Waals surface area contributed by atoms with Crippen LogP contribution in [0.1, 0.15) is 22.3 Å². The molecule has 6 nitrogen and oxygen atoms in total. The van der Waals surface area contributed by atoms with E-state index in [2.05, 4.69) is 0 Å². The van der Waals surface area contributed by atoms with Gasteiger partial charge in [0.1, 0.15) is 0 Å². The molecule has 0 aliphatic carbocycles. The van der Waals surface area contributed by atoms with Gasteiger partial charge in [0, 0.05) is 42.4 Å². The molecular weight excluding hydrogens is 549 g/mol. The third-order valence-electron chi connectivity index (χ3n) is 6.36. The van der Waals surface area contributed by atoms with Gasteiger partial charge in [-0.15, -0.1) is 34.0 Å². The molecular formula is C30H26N2O4S3. The molecule has 0 unspecified atom stereocenters. The maximum Gasteiger partial charge on any atom is 0.307 e. The zero-order chi connectivity index (χ0) is 27.5. The van der Waals surface area contributed by atoms with Gasteiger partial charge in [0.2, 0.25) is 0 Å². The Hall–Kier alpha value is -3.60. The third-order valence-corrected chi connectivity index (χ3v) is 10.2. The minimum absolute atomic E-state index is 0.0901. The van der Waals surface area contributed by atoms with Crippen molar-refractivity contribution in [2.24, 2.45) is 11.5 Å². The summed E-state index contributed by atoms with van der Waals surface area (Å²) in [4.78, 5) is 29.1. The van der Waals surface area contributed by atoms with Crippen LogP contribution in [0.5, 0.6) is 0 Å². The van der Waals surface area contributed by atoms with Gasteiger partial charge in [0.25, 0.3) is 0 Å². The molecule has 5 rings (SSSR count). The predicted octanol–water partition coefficient (Wildman–Crippen LogP) is 6.71. The monoisotopic (exact) mass is 574 g/mol. The highest BCUT2D eigenvalue weighted by Gasteiger charge is 2.21. The zero-order valence-corrected chi connectivity index (χ0v) is 23.3. The number of carboxylic acid groups (broad SMARTS) is 2. The highest BCUT2D eigenvalue weighted by molar-refractivity contribution is 7.28. The second kappa shape index (κ2) is 11.6. The summed E-state index contributed by atoms with van der Waals surface area (Å²) >= 11 is 4.65. The van der Waals surface area contributed by atoms with Crippen LogP contribution >= 0.6 is 34.0 Å². The smallest absolute Gasteiger partial charge is 0.307 e. The van der Waals surface area contributed by atoms with Crippen molar-refractivity contribution in [2.45, 2.75) is 25.9 Å². The molecule has 0 saturated heterocycles. The Morgan fingerprint density at radius 3 is 1.36 bits per heavy atom. The first-order valence-corrected chi connectivity index (χ1v) is 14.7. The minimum Gasteiger partial charge on any atom is -0.481 e. The number of rotatable bonds is 10. The maximum absolute atomic E-state index is 11.7. The summed E-state index contributed by atoms with van der Waals surface area (Å²) in [6.45, 7) is 0.780. The van der Waals surface area contributed by atoms with E-state index < -0.39 is 11.9 Å². The number of hydrogen-bond donors (Lipinski definition) is 4. The summed E-state index contributed by atoms with van der Waals surface area (Å²) in [6.07, 6.45) is -0.180. The summed E-state index contributed by atoms with van der Waals surface area (Å²) in [5, 5.41) is 19.2. The molecule has 0 spiro atoms. The van der Waals surface area contributed by atoms with Gasteiger partial charge in [-0.05, 0) is 57.6 Å². The van der Waals surface area contributed by atoms with Crippen LogP contribution in [0.15, 0.2) is 72.8 Å². The molecule has 0 aliphatic rings. The van der Waals surface area contributed by atoms with Gasteiger partial charge in [-0.2, -0.15) is 0 Å². The number of hydrogen-bond acceptors (Lipinski definition) is 7. The van der Waals surface area contributed by atoms with Crippen molar-refractivity contribution >= 4 is 45.9 Å². The SMILES string of the molecule is NCc1ccccc1-c1cc(CC(=O)O)c(-c2ccc(-c3sc(-c4ccccc4CN)cc3CC(=O)O)s2)s1. The Labute approximate surface area is 237 Å². The molecule has 0 fully saturated rings. The fourth-order valence-corrected chi connectivity index (χ4v) is 8.37. The van der Waals surface area contributed by atoms with Gasteiger partial charge in [-0.3, -0.25) is 9.59 Å². The van der Waals surface area contributed by atoms with E-state index in [1.807, 2.05) is 72.8 Å². The lowest BCUT2D eigenvalue weighted by Crippen LogP contribution is -1.99. The van der Waals surface area contributed by atoms with Crippen LogP contribution in [0.2, 0.25) is 0 Å². The molecule has 198 valence electrons. The van der Waals surface area contributed by atoms with E-state index >= 15 is 0 Å². The zero-order valence-electron chi connectivity index (χ0n) is 20.8. The number of carbonyl (C=O) groups is 2. The number of nitrogens with two attached hydrogens (primary N) is 2. The van der Waals surface area contributed by atoms with Gasteiger partial charge in [-0.25, -0.2) is 0 Å². The molecule has 0 aliphatic heterocycles. The largest absolute Gasteiger partial charge is 0.481 e. The molecule has 39 heavy (non-hydrogen) atoms. The molecule has 9 heteroatoms. The molecule has 0 bridgehead atoms. The van der Waals surface area contributed by atoms with Crippen molar-refractivity contribution in [3.63, 3.8) is 0 Å². The minimum atomic E-state index is -0.894. The predicted molar refractivity (Wildman–Crippen MR) is 160 cm³/mol. The summed E-state index contributed by atoms with van der Waals surface area (Å²) in [7, 11) is 0. The molecule has 5 aromatic rings. The van der Waals surface area contributed by atoms with Crippen LogP contribution in [0.25, 0.3) is 40.4 Å². The quantitative estimate of drug-likeness (QED) is 0.147. The van der Waals surface area contributed by atoms with E-state index in [1.165, 1.54) is 0 Å².